The van der Waals surface area contributed by atoms with E-state index in [9.17, 15) is 19.1 Å². The zero-order chi connectivity index (χ0) is 19.7. The molecule has 3 N–H and O–H groups in total. The summed E-state index contributed by atoms with van der Waals surface area (Å²) in [6.07, 6.45) is 5.46. The Morgan fingerprint density at radius 2 is 1.93 bits per heavy atom. The Labute approximate surface area is 164 Å². The molecule has 4 rings (SSSR count). The summed E-state index contributed by atoms with van der Waals surface area (Å²) in [5, 5.41) is 9.62. The Morgan fingerprint density at radius 1 is 1.18 bits per heavy atom. The first-order chi connectivity index (χ1) is 13.5. The number of benzene rings is 1. The van der Waals surface area contributed by atoms with E-state index in [0.29, 0.717) is 32.4 Å². The van der Waals surface area contributed by atoms with Crippen molar-refractivity contribution in [2.24, 2.45) is 11.8 Å². The fraction of sp³-hybridized carbons (Fsp3) is 0.619. The molecule has 6 nitrogen and oxygen atoms in total. The Balaban J connectivity index is 1.49. The molecule has 0 spiro atoms. The van der Waals surface area contributed by atoms with Gasteiger partial charge in [-0.3, -0.25) is 15.0 Å². The van der Waals surface area contributed by atoms with E-state index in [2.05, 4.69) is 10.9 Å². The van der Waals surface area contributed by atoms with E-state index in [1.165, 1.54) is 6.07 Å². The quantitative estimate of drug-likeness (QED) is 0.736. The molecular formula is C21H28FN3O3. The second-order valence-corrected chi connectivity index (χ2v) is 8.34. The van der Waals surface area contributed by atoms with Gasteiger partial charge in [0.2, 0.25) is 5.91 Å². The number of amides is 2. The maximum Gasteiger partial charge on any atom is 0.256 e. The number of hydrogen-bond donors (Lipinski definition) is 3. The third-order valence-corrected chi connectivity index (χ3v) is 6.52. The lowest BCUT2D eigenvalue weighted by atomic mass is 9.72. The summed E-state index contributed by atoms with van der Waals surface area (Å²) in [5.41, 5.74) is 6.91. The highest BCUT2D eigenvalue weighted by Gasteiger charge is 2.39. The van der Waals surface area contributed by atoms with E-state index in [1.807, 2.05) is 0 Å². The minimum absolute atomic E-state index is 0.0429. The summed E-state index contributed by atoms with van der Waals surface area (Å²) in [6.45, 7) is 0.896. The number of rotatable bonds is 3. The monoisotopic (exact) mass is 389 g/mol. The average Bonchev–Trinajstić information content (AvgIpc) is 2.72. The van der Waals surface area contributed by atoms with Crippen molar-refractivity contribution in [1.82, 2.24) is 15.8 Å². The van der Waals surface area contributed by atoms with Crippen LogP contribution in [0.5, 0.6) is 0 Å². The van der Waals surface area contributed by atoms with Gasteiger partial charge < -0.3 is 10.0 Å². The first-order valence-corrected chi connectivity index (χ1v) is 10.3. The van der Waals surface area contributed by atoms with Gasteiger partial charge in [0.15, 0.2) is 0 Å². The molecule has 2 heterocycles. The third-order valence-electron chi connectivity index (χ3n) is 6.52. The van der Waals surface area contributed by atoms with Crippen molar-refractivity contribution in [2.45, 2.75) is 57.1 Å². The van der Waals surface area contributed by atoms with Crippen LogP contribution in [0.4, 0.5) is 4.39 Å². The molecule has 3 fully saturated rings. The van der Waals surface area contributed by atoms with Crippen LogP contribution in [-0.4, -0.2) is 47.1 Å². The lowest BCUT2D eigenvalue weighted by Gasteiger charge is -2.41. The topological polar surface area (TPSA) is 81.7 Å². The maximum absolute atomic E-state index is 14.4. The van der Waals surface area contributed by atoms with Crippen LogP contribution in [-0.2, 0) is 11.2 Å². The lowest BCUT2D eigenvalue weighted by molar-refractivity contribution is -0.133. The molecule has 0 bridgehead atoms. The number of carbonyl (C=O) groups is 2. The summed E-state index contributed by atoms with van der Waals surface area (Å²) in [6, 6.07) is 4.82. The smallest absolute Gasteiger partial charge is 0.256 e. The van der Waals surface area contributed by atoms with Gasteiger partial charge in [-0.15, -0.1) is 0 Å². The van der Waals surface area contributed by atoms with Crippen LogP contribution in [0.15, 0.2) is 18.2 Å². The van der Waals surface area contributed by atoms with Crippen molar-refractivity contribution in [1.29, 1.82) is 0 Å². The number of aliphatic hydroxyl groups excluding tert-OH is 1. The first-order valence-electron chi connectivity index (χ1n) is 10.3. The largest absolute Gasteiger partial charge is 0.393 e. The van der Waals surface area contributed by atoms with Crippen molar-refractivity contribution in [2.75, 3.05) is 13.1 Å². The molecular weight excluding hydrogens is 361 g/mol. The fourth-order valence-corrected chi connectivity index (χ4v) is 4.89. The molecule has 1 aliphatic carbocycles. The third kappa shape index (κ3) is 3.91. The number of piperidine rings is 1. The van der Waals surface area contributed by atoms with Gasteiger partial charge >= 0.3 is 0 Å². The molecule has 28 heavy (non-hydrogen) atoms. The Morgan fingerprint density at radius 3 is 2.71 bits per heavy atom. The van der Waals surface area contributed by atoms with Crippen molar-refractivity contribution in [3.05, 3.63) is 35.1 Å². The van der Waals surface area contributed by atoms with Gasteiger partial charge in [0.25, 0.3) is 5.91 Å². The molecule has 0 aromatic heterocycles. The van der Waals surface area contributed by atoms with Gasteiger partial charge in [0.05, 0.1) is 11.7 Å². The van der Waals surface area contributed by atoms with Crippen molar-refractivity contribution in [3.8, 4) is 0 Å². The summed E-state index contributed by atoms with van der Waals surface area (Å²) in [5.74, 6) is -0.438. The summed E-state index contributed by atoms with van der Waals surface area (Å²) in [7, 11) is 0. The predicted molar refractivity (Wildman–Crippen MR) is 102 cm³/mol. The zero-order valence-corrected chi connectivity index (χ0v) is 16.0. The molecule has 1 aromatic carbocycles. The van der Waals surface area contributed by atoms with Gasteiger partial charge in [-0.25, -0.2) is 9.82 Å². The molecule has 152 valence electrons. The van der Waals surface area contributed by atoms with Crippen LogP contribution < -0.4 is 10.9 Å². The highest BCUT2D eigenvalue weighted by atomic mass is 19.1. The number of nitrogens with zero attached hydrogens (tertiary/aromatic N) is 1. The fourth-order valence-electron chi connectivity index (χ4n) is 4.89. The lowest BCUT2D eigenvalue weighted by Crippen LogP contribution is -2.60. The molecule has 2 aliphatic heterocycles. The zero-order valence-electron chi connectivity index (χ0n) is 16.0. The van der Waals surface area contributed by atoms with Crippen molar-refractivity contribution in [3.63, 3.8) is 0 Å². The average molecular weight is 389 g/mol. The van der Waals surface area contributed by atoms with E-state index < -0.39 is 5.82 Å². The van der Waals surface area contributed by atoms with E-state index in [1.54, 1.807) is 17.0 Å². The van der Waals surface area contributed by atoms with Gasteiger partial charge in [-0.2, -0.15) is 0 Å². The number of aliphatic hydroxyl groups is 1. The molecule has 1 saturated carbocycles. The molecule has 2 saturated heterocycles. The van der Waals surface area contributed by atoms with E-state index in [0.717, 1.165) is 31.2 Å². The highest BCUT2D eigenvalue weighted by molar-refractivity contribution is 5.94. The number of hydrazine groups is 1. The van der Waals surface area contributed by atoms with E-state index >= 15 is 0 Å². The summed E-state index contributed by atoms with van der Waals surface area (Å²) >= 11 is 0. The van der Waals surface area contributed by atoms with Gasteiger partial charge in [-0.1, -0.05) is 18.9 Å². The molecule has 1 aromatic rings. The number of nitrogens with one attached hydrogen (secondary N) is 2. The highest BCUT2D eigenvalue weighted by Crippen LogP contribution is 2.35. The van der Waals surface area contributed by atoms with Crippen LogP contribution >= 0.6 is 0 Å². The van der Waals surface area contributed by atoms with Crippen LogP contribution in [0.1, 0.15) is 54.4 Å². The van der Waals surface area contributed by atoms with Crippen LogP contribution in [0.25, 0.3) is 0 Å². The van der Waals surface area contributed by atoms with Crippen LogP contribution in [0.2, 0.25) is 0 Å². The van der Waals surface area contributed by atoms with E-state index in [4.69, 9.17) is 0 Å². The molecule has 2 amide bonds. The number of hydrogen-bond acceptors (Lipinski definition) is 4. The van der Waals surface area contributed by atoms with Gasteiger partial charge in [0, 0.05) is 25.0 Å². The van der Waals surface area contributed by atoms with Gasteiger partial charge in [0.1, 0.15) is 5.82 Å². The Hall–Kier alpha value is -1.99. The SMILES string of the molecule is O=C1NNC(Cc2ccc(F)c(C(=O)N3CCC(O)CC3)c2)C2CCCCC12. The Bertz CT molecular complexity index is 748. The Kier molecular flexibility index (Phi) is 5.64. The number of fused-ring (bicyclic) bond motifs is 1. The predicted octanol–water partition coefficient (Wildman–Crippen LogP) is 1.77. The molecule has 3 unspecified atom stereocenters. The van der Waals surface area contributed by atoms with Gasteiger partial charge in [-0.05, 0) is 55.7 Å². The first kappa shape index (κ1) is 19.3. The van der Waals surface area contributed by atoms with Crippen molar-refractivity contribution < 1.29 is 19.1 Å². The standard InChI is InChI=1S/C21H28FN3O3/c22-18-6-5-13(11-17(18)21(28)25-9-7-14(26)8-10-25)12-19-15-3-1-2-4-16(15)20(27)24-23-19/h5-6,11,14-16,19,23,26H,1-4,7-10,12H2,(H,24,27). The van der Waals surface area contributed by atoms with Crippen LogP contribution in [0.3, 0.4) is 0 Å². The minimum Gasteiger partial charge on any atom is -0.393 e. The van der Waals surface area contributed by atoms with E-state index in [-0.39, 0.29) is 41.4 Å². The normalized spacial score (nSPS) is 28.6. The summed E-state index contributed by atoms with van der Waals surface area (Å²) in [4.78, 5) is 26.5. The second kappa shape index (κ2) is 8.17. The molecule has 0 radical (unpaired) electrons. The number of halogens is 1. The number of carbonyl (C=O) groups excluding carboxylic acids is 2. The van der Waals surface area contributed by atoms with Crippen LogP contribution in [0, 0.1) is 17.7 Å². The maximum atomic E-state index is 14.4. The van der Waals surface area contributed by atoms with Crippen molar-refractivity contribution >= 4 is 11.8 Å². The number of likely N-dealkylation sites (tertiary alicyclic amines) is 1. The minimum atomic E-state index is -0.514. The molecule has 7 heteroatoms. The second-order valence-electron chi connectivity index (χ2n) is 8.34. The molecule has 3 atom stereocenters. The molecule has 3 aliphatic rings. The summed E-state index contributed by atoms with van der Waals surface area (Å²) < 4.78 is 14.4.